The molecule has 1 atom stereocenters. The number of anilines is 1. The van der Waals surface area contributed by atoms with Crippen LogP contribution in [0, 0.1) is 11.6 Å². The lowest BCUT2D eigenvalue weighted by Gasteiger charge is -2.14. The van der Waals surface area contributed by atoms with Crippen LogP contribution in [0.2, 0.25) is 0 Å². The highest BCUT2D eigenvalue weighted by Crippen LogP contribution is 2.24. The van der Waals surface area contributed by atoms with Crippen LogP contribution in [-0.2, 0) is 9.53 Å². The zero-order valence-electron chi connectivity index (χ0n) is 13.4. The van der Waals surface area contributed by atoms with Crippen LogP contribution in [0.4, 0.5) is 14.5 Å². The molecular weight excluding hydrogens is 336 g/mol. The highest BCUT2D eigenvalue weighted by molar-refractivity contribution is 5.98. The van der Waals surface area contributed by atoms with Gasteiger partial charge in [-0.05, 0) is 31.2 Å². The number of amides is 1. The molecule has 0 radical (unpaired) electrons. The van der Waals surface area contributed by atoms with Crippen LogP contribution in [0.5, 0.6) is 11.5 Å². The molecule has 0 bridgehead atoms. The van der Waals surface area contributed by atoms with Crippen molar-refractivity contribution in [2.45, 2.75) is 13.0 Å². The first-order valence-electron chi connectivity index (χ1n) is 7.15. The molecule has 0 aromatic heterocycles. The number of carbonyl (C=O) groups is 2. The standard InChI is InChI=1S/C17H15F2NO5/c1-9(16(22)20-10-3-6-13(18)14(19)7-10)25-17(23)12-5-4-11(24-2)8-15(12)21/h3-9,21H,1-2H3,(H,20,22)/t9-/m1/s1. The molecule has 0 spiro atoms. The van der Waals surface area contributed by atoms with Crippen LogP contribution < -0.4 is 10.1 Å². The van der Waals surface area contributed by atoms with E-state index < -0.39 is 29.6 Å². The third-order valence-corrected chi connectivity index (χ3v) is 3.26. The third-order valence-electron chi connectivity index (χ3n) is 3.26. The number of hydrogen-bond donors (Lipinski definition) is 2. The van der Waals surface area contributed by atoms with E-state index in [0.717, 1.165) is 12.1 Å². The van der Waals surface area contributed by atoms with E-state index in [2.05, 4.69) is 5.32 Å². The number of hydrogen-bond acceptors (Lipinski definition) is 5. The Hall–Kier alpha value is -3.16. The minimum Gasteiger partial charge on any atom is -0.507 e. The summed E-state index contributed by atoms with van der Waals surface area (Å²) in [6.45, 7) is 1.30. The Labute approximate surface area is 142 Å². The Morgan fingerprint density at radius 3 is 2.44 bits per heavy atom. The first-order chi connectivity index (χ1) is 11.8. The maximum atomic E-state index is 13.1. The Bertz CT molecular complexity index is 810. The second-order valence-electron chi connectivity index (χ2n) is 5.05. The van der Waals surface area contributed by atoms with Gasteiger partial charge in [0.1, 0.15) is 17.1 Å². The van der Waals surface area contributed by atoms with E-state index in [0.29, 0.717) is 5.75 Å². The van der Waals surface area contributed by atoms with E-state index in [1.807, 2.05) is 0 Å². The Balaban J connectivity index is 2.02. The lowest BCUT2D eigenvalue weighted by molar-refractivity contribution is -0.123. The van der Waals surface area contributed by atoms with E-state index in [9.17, 15) is 23.5 Å². The number of esters is 1. The normalized spacial score (nSPS) is 11.5. The van der Waals surface area contributed by atoms with Gasteiger partial charge in [-0.25, -0.2) is 13.6 Å². The maximum absolute atomic E-state index is 13.1. The number of nitrogens with one attached hydrogen (secondary N) is 1. The van der Waals surface area contributed by atoms with E-state index >= 15 is 0 Å². The molecule has 6 nitrogen and oxygen atoms in total. The Kier molecular flexibility index (Phi) is 5.53. The molecular formula is C17H15F2NO5. The number of aromatic hydroxyl groups is 1. The number of rotatable bonds is 5. The highest BCUT2D eigenvalue weighted by Gasteiger charge is 2.21. The molecule has 0 fully saturated rings. The molecule has 0 saturated heterocycles. The molecule has 0 aliphatic heterocycles. The van der Waals surface area contributed by atoms with E-state index in [4.69, 9.17) is 9.47 Å². The predicted molar refractivity (Wildman–Crippen MR) is 84.5 cm³/mol. The first kappa shape index (κ1) is 18.2. The summed E-state index contributed by atoms with van der Waals surface area (Å²) in [5.41, 5.74) is -0.132. The minimum absolute atomic E-state index is 0.0130. The van der Waals surface area contributed by atoms with E-state index in [1.54, 1.807) is 0 Å². The van der Waals surface area contributed by atoms with E-state index in [-0.39, 0.29) is 17.0 Å². The molecule has 0 saturated carbocycles. The summed E-state index contributed by atoms with van der Waals surface area (Å²) in [5, 5.41) is 12.1. The number of carbonyl (C=O) groups excluding carboxylic acids is 2. The van der Waals surface area contributed by atoms with Crippen LogP contribution in [0.3, 0.4) is 0 Å². The fraction of sp³-hybridized carbons (Fsp3) is 0.176. The summed E-state index contributed by atoms with van der Waals surface area (Å²) in [4.78, 5) is 24.0. The lowest BCUT2D eigenvalue weighted by atomic mass is 10.2. The summed E-state index contributed by atoms with van der Waals surface area (Å²) >= 11 is 0. The van der Waals surface area contributed by atoms with Crippen LogP contribution in [-0.4, -0.2) is 30.2 Å². The van der Waals surface area contributed by atoms with Gasteiger partial charge in [-0.3, -0.25) is 4.79 Å². The van der Waals surface area contributed by atoms with Gasteiger partial charge >= 0.3 is 5.97 Å². The van der Waals surface area contributed by atoms with Gasteiger partial charge in [0.25, 0.3) is 5.91 Å². The fourth-order valence-electron chi connectivity index (χ4n) is 1.91. The predicted octanol–water partition coefficient (Wildman–Crippen LogP) is 2.86. The summed E-state index contributed by atoms with van der Waals surface area (Å²) in [6, 6.07) is 6.79. The second-order valence-corrected chi connectivity index (χ2v) is 5.05. The maximum Gasteiger partial charge on any atom is 0.342 e. The molecule has 1 amide bonds. The number of halogens is 2. The van der Waals surface area contributed by atoms with Crippen molar-refractivity contribution in [1.82, 2.24) is 0 Å². The molecule has 8 heteroatoms. The molecule has 2 aromatic carbocycles. The summed E-state index contributed by atoms with van der Waals surface area (Å²) < 4.78 is 35.8. The average Bonchev–Trinajstić information content (AvgIpc) is 2.57. The number of phenolic OH excluding ortho intramolecular Hbond substituents is 1. The molecule has 0 heterocycles. The van der Waals surface area contributed by atoms with Crippen LogP contribution in [0.15, 0.2) is 36.4 Å². The summed E-state index contributed by atoms with van der Waals surface area (Å²) in [7, 11) is 1.40. The number of methoxy groups -OCH3 is 1. The monoisotopic (exact) mass is 351 g/mol. The van der Waals surface area contributed by atoms with Gasteiger partial charge in [0, 0.05) is 17.8 Å². The third kappa shape index (κ3) is 4.43. The molecule has 2 aromatic rings. The fourth-order valence-corrected chi connectivity index (χ4v) is 1.91. The van der Waals surface area contributed by atoms with E-state index in [1.165, 1.54) is 38.3 Å². The van der Waals surface area contributed by atoms with Gasteiger partial charge in [-0.2, -0.15) is 0 Å². The van der Waals surface area contributed by atoms with Crippen molar-refractivity contribution in [3.05, 3.63) is 53.6 Å². The van der Waals surface area contributed by atoms with Crippen molar-refractivity contribution in [1.29, 1.82) is 0 Å². The lowest BCUT2D eigenvalue weighted by Crippen LogP contribution is -2.30. The van der Waals surface area contributed by atoms with Crippen LogP contribution in [0.25, 0.3) is 0 Å². The molecule has 0 unspecified atom stereocenters. The van der Waals surface area contributed by atoms with Gasteiger partial charge in [-0.15, -0.1) is 0 Å². The number of phenols is 1. The zero-order chi connectivity index (χ0) is 18.6. The van der Waals surface area contributed by atoms with Crippen molar-refractivity contribution in [3.63, 3.8) is 0 Å². The average molecular weight is 351 g/mol. The van der Waals surface area contributed by atoms with Gasteiger partial charge in [0.2, 0.25) is 0 Å². The van der Waals surface area contributed by atoms with Crippen molar-refractivity contribution in [2.75, 3.05) is 12.4 Å². The van der Waals surface area contributed by atoms with Crippen LogP contribution >= 0.6 is 0 Å². The SMILES string of the molecule is COc1ccc(C(=O)O[C@H](C)C(=O)Nc2ccc(F)c(F)c2)c(O)c1. The molecule has 2 N–H and O–H groups in total. The minimum atomic E-state index is -1.23. The highest BCUT2D eigenvalue weighted by atomic mass is 19.2. The number of benzene rings is 2. The van der Waals surface area contributed by atoms with Crippen molar-refractivity contribution >= 4 is 17.6 Å². The molecule has 2 rings (SSSR count). The summed E-state index contributed by atoms with van der Waals surface area (Å²) in [5.74, 6) is -3.85. The Morgan fingerprint density at radius 2 is 1.84 bits per heavy atom. The van der Waals surface area contributed by atoms with Gasteiger partial charge in [0.05, 0.1) is 7.11 Å². The second kappa shape index (κ2) is 7.61. The van der Waals surface area contributed by atoms with Gasteiger partial charge in [-0.1, -0.05) is 0 Å². The largest absolute Gasteiger partial charge is 0.507 e. The van der Waals surface area contributed by atoms with Gasteiger partial charge in [0.15, 0.2) is 17.7 Å². The van der Waals surface area contributed by atoms with Crippen molar-refractivity contribution < 1.29 is 33.0 Å². The van der Waals surface area contributed by atoms with Crippen molar-refractivity contribution in [2.24, 2.45) is 0 Å². The first-order valence-corrected chi connectivity index (χ1v) is 7.15. The topological polar surface area (TPSA) is 84.9 Å². The number of ether oxygens (including phenoxy) is 2. The molecule has 0 aliphatic rings. The molecule has 0 aliphatic carbocycles. The smallest absolute Gasteiger partial charge is 0.342 e. The van der Waals surface area contributed by atoms with Crippen molar-refractivity contribution in [3.8, 4) is 11.5 Å². The molecule has 25 heavy (non-hydrogen) atoms. The molecule has 132 valence electrons. The Morgan fingerprint density at radius 1 is 1.12 bits per heavy atom. The quantitative estimate of drug-likeness (QED) is 0.809. The van der Waals surface area contributed by atoms with Crippen LogP contribution in [0.1, 0.15) is 17.3 Å². The summed E-state index contributed by atoms with van der Waals surface area (Å²) in [6.07, 6.45) is -1.23. The zero-order valence-corrected chi connectivity index (χ0v) is 13.4. The van der Waals surface area contributed by atoms with Gasteiger partial charge < -0.3 is 19.9 Å².